The van der Waals surface area contributed by atoms with Gasteiger partial charge in [-0.05, 0) is 21.0 Å². The van der Waals surface area contributed by atoms with Gasteiger partial charge in [0, 0.05) is 40.4 Å². The average Bonchev–Trinajstić information content (AvgIpc) is 2.45. The number of ketones is 1. The van der Waals surface area contributed by atoms with Crippen LogP contribution in [0, 0.1) is 5.92 Å². The fourth-order valence-electron chi connectivity index (χ4n) is 1.51. The van der Waals surface area contributed by atoms with Crippen LogP contribution in [0.2, 0.25) is 0 Å². The maximum absolute atomic E-state index is 11.7. The summed E-state index contributed by atoms with van der Waals surface area (Å²) in [5.41, 5.74) is 0.108. The second-order valence-corrected chi connectivity index (χ2v) is 5.49. The quantitative estimate of drug-likeness (QED) is 0.218. The summed E-state index contributed by atoms with van der Waals surface area (Å²) in [7, 11) is 10.5. The van der Waals surface area contributed by atoms with Crippen LogP contribution in [0.1, 0.15) is 20.8 Å². The largest absolute Gasteiger partial charge is 0.462 e. The van der Waals surface area contributed by atoms with Gasteiger partial charge in [-0.25, -0.2) is 4.79 Å². The highest BCUT2D eigenvalue weighted by Gasteiger charge is 2.22. The second-order valence-electron chi connectivity index (χ2n) is 5.49. The molecule has 0 aromatic carbocycles. The Balaban J connectivity index is 0. The van der Waals surface area contributed by atoms with Gasteiger partial charge in [0.2, 0.25) is 6.41 Å². The van der Waals surface area contributed by atoms with Crippen molar-refractivity contribution >= 4 is 11.8 Å². The van der Waals surface area contributed by atoms with Crippen molar-refractivity contribution in [1.82, 2.24) is 9.80 Å². The minimum Gasteiger partial charge on any atom is -0.462 e. The van der Waals surface area contributed by atoms with Gasteiger partial charge in [-0.2, -0.15) is 0 Å². The first-order chi connectivity index (χ1) is 10.6. The van der Waals surface area contributed by atoms with Gasteiger partial charge in [-0.3, -0.25) is 9.69 Å². The topological polar surface area (TPSA) is 68.3 Å². The Morgan fingerprint density at radius 3 is 1.74 bits per heavy atom. The molecule has 0 aliphatic carbocycles. The van der Waals surface area contributed by atoms with Crippen LogP contribution in [-0.4, -0.2) is 77.0 Å². The molecular formula is C16H32N2O5. The van der Waals surface area contributed by atoms with Gasteiger partial charge in [0.05, 0.1) is 6.61 Å². The van der Waals surface area contributed by atoms with E-state index in [1.807, 2.05) is 19.0 Å². The predicted molar refractivity (Wildman–Crippen MR) is 89.7 cm³/mol. The van der Waals surface area contributed by atoms with E-state index in [1.165, 1.54) is 6.20 Å². The summed E-state index contributed by atoms with van der Waals surface area (Å²) in [6.45, 7) is 5.50. The lowest BCUT2D eigenvalue weighted by molar-refractivity contribution is -0.179. The van der Waals surface area contributed by atoms with Gasteiger partial charge in [0.25, 0.3) is 0 Å². The van der Waals surface area contributed by atoms with E-state index in [1.54, 1.807) is 54.0 Å². The van der Waals surface area contributed by atoms with Gasteiger partial charge in [0.1, 0.15) is 5.57 Å². The fourth-order valence-corrected chi connectivity index (χ4v) is 1.51. The zero-order chi connectivity index (χ0) is 18.6. The number of ether oxygens (including phenoxy) is 3. The van der Waals surface area contributed by atoms with Gasteiger partial charge >= 0.3 is 5.97 Å². The van der Waals surface area contributed by atoms with E-state index in [-0.39, 0.29) is 30.3 Å². The molecule has 0 N–H and O–H groups in total. The van der Waals surface area contributed by atoms with Crippen molar-refractivity contribution in [2.24, 2.45) is 5.92 Å². The van der Waals surface area contributed by atoms with Crippen molar-refractivity contribution in [1.29, 1.82) is 0 Å². The van der Waals surface area contributed by atoms with Crippen LogP contribution in [0.5, 0.6) is 0 Å². The number of nitrogens with zero attached hydrogens (tertiary/aromatic N) is 2. The van der Waals surface area contributed by atoms with Crippen LogP contribution < -0.4 is 0 Å². The van der Waals surface area contributed by atoms with Crippen LogP contribution in [0.15, 0.2) is 11.8 Å². The number of hydrogen-bond acceptors (Lipinski definition) is 7. The monoisotopic (exact) mass is 332 g/mol. The van der Waals surface area contributed by atoms with Crippen LogP contribution in [0.25, 0.3) is 0 Å². The van der Waals surface area contributed by atoms with E-state index in [0.29, 0.717) is 0 Å². The third-order valence-corrected chi connectivity index (χ3v) is 2.50. The van der Waals surface area contributed by atoms with Crippen LogP contribution >= 0.6 is 0 Å². The normalized spacial score (nSPS) is 11.4. The number of carbonyl (C=O) groups excluding carboxylic acids is 2. The molecule has 0 unspecified atom stereocenters. The van der Waals surface area contributed by atoms with Crippen molar-refractivity contribution in [2.75, 3.05) is 49.0 Å². The lowest BCUT2D eigenvalue weighted by Gasteiger charge is -2.19. The van der Waals surface area contributed by atoms with Crippen LogP contribution in [0.4, 0.5) is 0 Å². The molecule has 0 aromatic heterocycles. The lowest BCUT2D eigenvalue weighted by Crippen LogP contribution is -2.30. The highest BCUT2D eigenvalue weighted by Crippen LogP contribution is 2.08. The molecule has 0 aliphatic rings. The van der Waals surface area contributed by atoms with Crippen molar-refractivity contribution < 1.29 is 23.8 Å². The minimum atomic E-state index is -0.551. The summed E-state index contributed by atoms with van der Waals surface area (Å²) in [5, 5.41) is 0. The molecule has 0 saturated carbocycles. The minimum absolute atomic E-state index is 0.108. The summed E-state index contributed by atoms with van der Waals surface area (Å²) in [6.07, 6.45) is 1.29. The van der Waals surface area contributed by atoms with E-state index in [4.69, 9.17) is 14.2 Å². The van der Waals surface area contributed by atoms with Crippen molar-refractivity contribution in [2.45, 2.75) is 27.2 Å². The highest BCUT2D eigenvalue weighted by molar-refractivity contribution is 6.17. The summed E-state index contributed by atoms with van der Waals surface area (Å²) in [6, 6.07) is 0. The molecule has 23 heavy (non-hydrogen) atoms. The third-order valence-electron chi connectivity index (χ3n) is 2.50. The molecule has 0 rings (SSSR count). The molecule has 0 heterocycles. The van der Waals surface area contributed by atoms with Gasteiger partial charge in [-0.15, -0.1) is 0 Å². The Hall–Kier alpha value is -1.44. The first-order valence-corrected chi connectivity index (χ1v) is 7.43. The third kappa shape index (κ3) is 10.8. The molecule has 136 valence electrons. The summed E-state index contributed by atoms with van der Waals surface area (Å²) >= 11 is 0. The van der Waals surface area contributed by atoms with E-state index in [0.717, 1.165) is 0 Å². The van der Waals surface area contributed by atoms with Crippen LogP contribution in [-0.2, 0) is 23.8 Å². The molecule has 0 aromatic rings. The summed E-state index contributed by atoms with van der Waals surface area (Å²) < 4.78 is 14.6. The van der Waals surface area contributed by atoms with E-state index < -0.39 is 5.97 Å². The second kappa shape index (κ2) is 13.0. The Morgan fingerprint density at radius 1 is 1.04 bits per heavy atom. The maximum atomic E-state index is 11.7. The number of methoxy groups -OCH3 is 2. The molecule has 0 aliphatic heterocycles. The predicted octanol–water partition coefficient (Wildman–Crippen LogP) is 1.34. The molecule has 0 atom stereocenters. The molecule has 0 fully saturated rings. The standard InChI is InChI=1S/C11H19NO3.C5H13NO2/c1-6-15-11(14)9(7-12(4)5)10(13)8(2)3;1-6(2)5(7-3)8-4/h7-8H,6H2,1-5H3;5H,1-4H3/b9-7-;. The fraction of sp³-hybridized carbons (Fsp3) is 0.750. The number of esters is 1. The first-order valence-electron chi connectivity index (χ1n) is 7.43. The number of rotatable bonds is 8. The number of carbonyl (C=O) groups is 2. The van der Waals surface area contributed by atoms with E-state index in [9.17, 15) is 9.59 Å². The van der Waals surface area contributed by atoms with Crippen LogP contribution in [0.3, 0.4) is 0 Å². The zero-order valence-electron chi connectivity index (χ0n) is 15.9. The maximum Gasteiger partial charge on any atom is 0.343 e. The number of hydrogen-bond donors (Lipinski definition) is 0. The Kier molecular flexibility index (Phi) is 13.5. The Labute approximate surface area is 140 Å². The SMILES string of the molecule is CCOC(=O)/C(=C\N(C)C)C(=O)C(C)C.COC(OC)N(C)C. The van der Waals surface area contributed by atoms with Crippen molar-refractivity contribution in [3.63, 3.8) is 0 Å². The van der Waals surface area contributed by atoms with E-state index >= 15 is 0 Å². The number of Topliss-reactive ketones (excluding diaryl/α,β-unsaturated/α-hetero) is 1. The first kappa shape index (κ1) is 23.8. The molecule has 0 amide bonds. The van der Waals surface area contributed by atoms with Crippen molar-refractivity contribution in [3.05, 3.63) is 11.8 Å². The summed E-state index contributed by atoms with van der Waals surface area (Å²) in [5.74, 6) is -0.951. The molecular weight excluding hydrogens is 300 g/mol. The van der Waals surface area contributed by atoms with Gasteiger partial charge in [0.15, 0.2) is 5.78 Å². The van der Waals surface area contributed by atoms with Gasteiger partial charge in [-0.1, -0.05) is 13.8 Å². The average molecular weight is 332 g/mol. The molecule has 0 bridgehead atoms. The molecule has 0 radical (unpaired) electrons. The van der Waals surface area contributed by atoms with Gasteiger partial charge < -0.3 is 19.1 Å². The van der Waals surface area contributed by atoms with Crippen molar-refractivity contribution in [3.8, 4) is 0 Å². The highest BCUT2D eigenvalue weighted by atomic mass is 16.7. The molecule has 0 spiro atoms. The molecule has 7 heteroatoms. The Bertz CT molecular complexity index is 375. The molecule has 7 nitrogen and oxygen atoms in total. The smallest absolute Gasteiger partial charge is 0.343 e. The van der Waals surface area contributed by atoms with E-state index in [2.05, 4.69) is 0 Å². The Morgan fingerprint density at radius 2 is 1.52 bits per heavy atom. The zero-order valence-corrected chi connectivity index (χ0v) is 15.9. The lowest BCUT2D eigenvalue weighted by atomic mass is 10.0. The summed E-state index contributed by atoms with van der Waals surface area (Å²) in [4.78, 5) is 26.7. The molecule has 0 saturated heterocycles.